The Hall–Kier alpha value is -1.22. The van der Waals surface area contributed by atoms with Crippen LogP contribution in [0.4, 0.5) is 5.82 Å². The number of aryl methyl sites for hydroxylation is 1. The molecule has 5 nitrogen and oxygen atoms in total. The van der Waals surface area contributed by atoms with Crippen LogP contribution in [0.1, 0.15) is 125 Å². The van der Waals surface area contributed by atoms with E-state index < -0.39 is 16.5 Å². The lowest BCUT2D eigenvalue weighted by Crippen LogP contribution is -2.84. The van der Waals surface area contributed by atoms with E-state index in [0.717, 1.165) is 11.5 Å². The van der Waals surface area contributed by atoms with Crippen molar-refractivity contribution >= 4 is 22.3 Å². The summed E-state index contributed by atoms with van der Waals surface area (Å²) in [5, 5.41) is 0.286. The van der Waals surface area contributed by atoms with Gasteiger partial charge in [0.05, 0.1) is 6.33 Å². The molecule has 2 aliphatic heterocycles. The number of aromatic nitrogens is 4. The van der Waals surface area contributed by atoms with Gasteiger partial charge in [-0.05, 0) is 30.2 Å². The van der Waals surface area contributed by atoms with E-state index in [4.69, 9.17) is 9.97 Å². The fraction of sp³-hybridized carbons (Fsp3) is 0.833. The largest absolute Gasteiger partial charge is 0.406 e. The molecule has 7 heteroatoms. The summed E-state index contributed by atoms with van der Waals surface area (Å²) in [4.78, 5) is 14.3. The molecule has 0 saturated carbocycles. The third kappa shape index (κ3) is 4.44. The highest BCUT2D eigenvalue weighted by Crippen LogP contribution is 2.72. The van der Waals surface area contributed by atoms with Gasteiger partial charge >= 0.3 is 0 Å². The highest BCUT2D eigenvalue weighted by atomic mass is 28.4. The van der Waals surface area contributed by atoms with Gasteiger partial charge in [-0.3, -0.25) is 0 Å². The van der Waals surface area contributed by atoms with Crippen molar-refractivity contribution in [1.82, 2.24) is 19.5 Å². The topological polar surface area (TPSA) is 46.8 Å². The third-order valence-corrected chi connectivity index (χ3v) is 25.7. The Morgan fingerprint density at radius 1 is 0.541 bits per heavy atom. The third-order valence-electron chi connectivity index (χ3n) is 8.87. The van der Waals surface area contributed by atoms with E-state index in [-0.39, 0.29) is 30.2 Å². The second kappa shape index (κ2) is 8.90. The molecule has 0 bridgehead atoms. The zero-order chi connectivity index (χ0) is 29.4. The Kier molecular flexibility index (Phi) is 7.70. The first-order valence-corrected chi connectivity index (χ1v) is 17.9. The average Bonchev–Trinajstić information content (AvgIpc) is 3.02. The van der Waals surface area contributed by atoms with Crippen molar-refractivity contribution in [1.29, 1.82) is 0 Å². The van der Waals surface area contributed by atoms with Gasteiger partial charge < -0.3 is 8.80 Å². The number of hydrogen-bond acceptors (Lipinski definition) is 4. The molecule has 0 unspecified atom stereocenters. The van der Waals surface area contributed by atoms with E-state index in [1.165, 1.54) is 5.82 Å². The predicted octanol–water partition coefficient (Wildman–Crippen LogP) is 9.81. The molecule has 212 valence electrons. The second-order valence-corrected chi connectivity index (χ2v) is 30.7. The maximum absolute atomic E-state index is 4.93. The Balaban J connectivity index is 3.56. The molecule has 2 rings (SSSR count). The van der Waals surface area contributed by atoms with Crippen LogP contribution in [0.15, 0.2) is 12.7 Å². The molecule has 37 heavy (non-hydrogen) atoms. The molecule has 0 atom stereocenters. The van der Waals surface area contributed by atoms with E-state index in [1.54, 1.807) is 6.33 Å². The van der Waals surface area contributed by atoms with Gasteiger partial charge in [-0.1, -0.05) is 125 Å². The number of hydrogen-bond donors (Lipinski definition) is 0. The van der Waals surface area contributed by atoms with Crippen molar-refractivity contribution in [2.24, 2.45) is 7.05 Å². The van der Waals surface area contributed by atoms with E-state index in [9.17, 15) is 0 Å². The zero-order valence-corrected chi connectivity index (χ0v) is 29.9. The summed E-state index contributed by atoms with van der Waals surface area (Å²) in [7, 11) is -2.99. The van der Waals surface area contributed by atoms with Crippen molar-refractivity contribution in [2.75, 3.05) is 4.23 Å². The smallest absolute Gasteiger partial charge is 0.184 e. The minimum Gasteiger partial charge on any atom is -0.406 e. The maximum atomic E-state index is 4.93. The fourth-order valence-electron chi connectivity index (χ4n) is 10.5. The molecule has 0 saturated heterocycles. The Labute approximate surface area is 231 Å². The highest BCUT2D eigenvalue weighted by molar-refractivity contribution is 7.08. The standard InChI is InChI=1S/C30H59N5Si2/c1-25(2,3)36(26(4,5)6,27(7,8)9)35(24-22-23(32-20-31-22)33-21-34(24)19)37(28(10,11)12,29(13,14)15)30(16,17)18/h20-21H,1-19H3. The minimum absolute atomic E-state index is 0.0477. The number of anilines is 1. The number of imidazole rings is 1. The van der Waals surface area contributed by atoms with Gasteiger partial charge in [-0.2, -0.15) is 0 Å². The average molecular weight is 546 g/mol. The lowest BCUT2D eigenvalue weighted by Gasteiger charge is -2.75. The van der Waals surface area contributed by atoms with E-state index >= 15 is 0 Å². The van der Waals surface area contributed by atoms with Gasteiger partial charge in [-0.15, -0.1) is 0 Å². The monoisotopic (exact) mass is 545 g/mol. The van der Waals surface area contributed by atoms with Crippen molar-refractivity contribution in [3.8, 4) is 11.5 Å². The van der Waals surface area contributed by atoms with Gasteiger partial charge in [-0.25, -0.2) is 15.0 Å². The van der Waals surface area contributed by atoms with Crippen LogP contribution in [-0.2, 0) is 7.05 Å². The van der Waals surface area contributed by atoms with Crippen LogP contribution in [-0.4, -0.2) is 36.0 Å². The molecule has 0 aromatic rings. The van der Waals surface area contributed by atoms with E-state index in [0.29, 0.717) is 0 Å². The van der Waals surface area contributed by atoms with Crippen molar-refractivity contribution in [2.45, 2.75) is 155 Å². The quantitative estimate of drug-likeness (QED) is 0.360. The van der Waals surface area contributed by atoms with Crippen LogP contribution in [0.3, 0.4) is 0 Å². The van der Waals surface area contributed by atoms with Crippen LogP contribution in [0.2, 0.25) is 30.2 Å². The Bertz CT molecular complexity index is 938. The van der Waals surface area contributed by atoms with E-state index in [1.807, 2.05) is 6.33 Å². The summed E-state index contributed by atoms with van der Waals surface area (Å²) >= 11 is 0. The molecule has 0 radical (unpaired) electrons. The van der Waals surface area contributed by atoms with Gasteiger partial charge in [0.1, 0.15) is 17.8 Å². The van der Waals surface area contributed by atoms with Crippen LogP contribution in [0.25, 0.3) is 11.5 Å². The van der Waals surface area contributed by atoms with Crippen molar-refractivity contribution in [3.05, 3.63) is 12.7 Å². The summed E-state index contributed by atoms with van der Waals surface area (Å²) < 4.78 is 5.42. The van der Waals surface area contributed by atoms with Crippen LogP contribution < -0.4 is 4.23 Å². The first kappa shape index (κ1) is 32.0. The molecule has 0 N–H and O–H groups in total. The van der Waals surface area contributed by atoms with Gasteiger partial charge in [0, 0.05) is 7.05 Å². The molecule has 0 aliphatic carbocycles. The summed E-state index contributed by atoms with van der Waals surface area (Å²) in [6.07, 6.45) is 3.67. The summed E-state index contributed by atoms with van der Waals surface area (Å²) in [5.74, 6) is 1.97. The summed E-state index contributed by atoms with van der Waals surface area (Å²) in [6, 6.07) is 0. The number of fused-ring (bicyclic) bond motifs is 1. The lowest BCUT2D eigenvalue weighted by atomic mass is 10.2. The summed E-state index contributed by atoms with van der Waals surface area (Å²) in [5.41, 5.74) is 0.939. The van der Waals surface area contributed by atoms with Crippen molar-refractivity contribution in [3.63, 3.8) is 0 Å². The van der Waals surface area contributed by atoms with E-state index in [2.05, 4.69) is 145 Å². The molecule has 0 aromatic carbocycles. The minimum atomic E-state index is -2.58. The maximum Gasteiger partial charge on any atom is 0.184 e. The van der Waals surface area contributed by atoms with Crippen molar-refractivity contribution < 1.29 is 0 Å². The lowest BCUT2D eigenvalue weighted by molar-refractivity contribution is 0.495. The molecule has 0 aromatic heterocycles. The SMILES string of the molecule is Cn1cnc2ncnc-2c1N([Si](C(C)(C)C)(C(C)(C)C)C(C)(C)C)[Si](C(C)(C)C)(C(C)(C)C)C(C)(C)C. The second-order valence-electron chi connectivity index (χ2n) is 17.5. The Morgan fingerprint density at radius 3 is 1.16 bits per heavy atom. The predicted molar refractivity (Wildman–Crippen MR) is 168 cm³/mol. The van der Waals surface area contributed by atoms with Gasteiger partial charge in [0.2, 0.25) is 0 Å². The molecule has 0 fully saturated rings. The molecule has 0 spiro atoms. The fourth-order valence-corrected chi connectivity index (χ4v) is 37.2. The first-order valence-electron chi connectivity index (χ1n) is 14.0. The molecular weight excluding hydrogens is 487 g/mol. The van der Waals surface area contributed by atoms with Crippen LogP contribution in [0, 0.1) is 0 Å². The molecular formula is C30H59N5Si2. The number of rotatable bonds is 3. The summed E-state index contributed by atoms with van der Waals surface area (Å²) in [6.45, 7) is 45.3. The normalized spacial score (nSPS) is 15.4. The van der Waals surface area contributed by atoms with Crippen LogP contribution >= 0.6 is 0 Å². The molecule has 2 aliphatic rings. The highest BCUT2D eigenvalue weighted by Gasteiger charge is 2.74. The van der Waals surface area contributed by atoms with Crippen LogP contribution in [0.5, 0.6) is 0 Å². The molecule has 0 amide bonds. The zero-order valence-electron chi connectivity index (χ0n) is 27.9. The van der Waals surface area contributed by atoms with Gasteiger partial charge in [0.25, 0.3) is 0 Å². The molecule has 2 heterocycles. The number of nitrogens with zero attached hydrogens (tertiary/aromatic N) is 5. The first-order chi connectivity index (χ1) is 16.1. The Morgan fingerprint density at radius 2 is 0.865 bits per heavy atom. The van der Waals surface area contributed by atoms with Gasteiger partial charge in [0.15, 0.2) is 22.3 Å².